The summed E-state index contributed by atoms with van der Waals surface area (Å²) in [5.41, 5.74) is 3.21. The van der Waals surface area contributed by atoms with E-state index >= 15 is 0 Å². The summed E-state index contributed by atoms with van der Waals surface area (Å²) in [6, 6.07) is 7.13. The molecule has 0 nitrogen and oxygen atoms in total. The van der Waals surface area contributed by atoms with Crippen molar-refractivity contribution in [3.8, 4) is 0 Å². The Labute approximate surface area is 173 Å². The SMILES string of the molecule is CCCC1(CCC2CCC(c3ccc(C(F)F)cc3)CC2)CCC([SiH2]C)CC1. The van der Waals surface area contributed by atoms with Gasteiger partial charge in [0.1, 0.15) is 0 Å². The maximum atomic E-state index is 12.8. The van der Waals surface area contributed by atoms with Crippen molar-refractivity contribution in [2.24, 2.45) is 11.3 Å². The predicted octanol–water partition coefficient (Wildman–Crippen LogP) is 8.04. The molecular weight excluding hydrogens is 366 g/mol. The van der Waals surface area contributed by atoms with Gasteiger partial charge < -0.3 is 0 Å². The van der Waals surface area contributed by atoms with Gasteiger partial charge in [-0.25, -0.2) is 8.78 Å². The van der Waals surface area contributed by atoms with E-state index in [-0.39, 0.29) is 15.1 Å². The highest BCUT2D eigenvalue weighted by molar-refractivity contribution is 6.35. The predicted molar refractivity (Wildman–Crippen MR) is 119 cm³/mol. The zero-order chi connectivity index (χ0) is 20.0. The molecule has 0 heterocycles. The van der Waals surface area contributed by atoms with Gasteiger partial charge in [0.05, 0.1) is 0 Å². The van der Waals surface area contributed by atoms with E-state index in [2.05, 4.69) is 13.5 Å². The van der Waals surface area contributed by atoms with E-state index in [9.17, 15) is 8.78 Å². The Morgan fingerprint density at radius 1 is 0.964 bits per heavy atom. The second-order valence-electron chi connectivity index (χ2n) is 9.83. The Kier molecular flexibility index (Phi) is 8.14. The van der Waals surface area contributed by atoms with Gasteiger partial charge in [0.25, 0.3) is 6.43 Å². The van der Waals surface area contributed by atoms with E-state index < -0.39 is 6.43 Å². The highest BCUT2D eigenvalue weighted by Gasteiger charge is 2.34. The van der Waals surface area contributed by atoms with Gasteiger partial charge in [-0.15, -0.1) is 0 Å². The van der Waals surface area contributed by atoms with E-state index in [1.165, 1.54) is 82.6 Å². The molecule has 0 unspecified atom stereocenters. The van der Waals surface area contributed by atoms with Crippen LogP contribution in [0.15, 0.2) is 24.3 Å². The summed E-state index contributed by atoms with van der Waals surface area (Å²) in [5, 5.41) is 0. The molecule has 0 radical (unpaired) electrons. The Morgan fingerprint density at radius 3 is 2.14 bits per heavy atom. The molecule has 0 amide bonds. The van der Waals surface area contributed by atoms with Gasteiger partial charge in [-0.1, -0.05) is 62.5 Å². The first-order valence-corrected chi connectivity index (χ1v) is 14.2. The first-order chi connectivity index (χ1) is 13.5. The zero-order valence-corrected chi connectivity index (χ0v) is 19.5. The summed E-state index contributed by atoms with van der Waals surface area (Å²) < 4.78 is 25.5. The van der Waals surface area contributed by atoms with Crippen molar-refractivity contribution in [3.05, 3.63) is 35.4 Å². The lowest BCUT2D eigenvalue weighted by molar-refractivity contribution is 0.135. The van der Waals surface area contributed by atoms with Gasteiger partial charge >= 0.3 is 0 Å². The van der Waals surface area contributed by atoms with Gasteiger partial charge in [0, 0.05) is 15.1 Å². The second-order valence-corrected chi connectivity index (χ2v) is 11.8. The molecule has 0 saturated heterocycles. The van der Waals surface area contributed by atoms with Crippen LogP contribution in [0, 0.1) is 11.3 Å². The normalized spacial score (nSPS) is 31.7. The van der Waals surface area contributed by atoms with Gasteiger partial charge in [-0.05, 0) is 80.6 Å². The highest BCUT2D eigenvalue weighted by Crippen LogP contribution is 2.49. The minimum Gasteiger partial charge on any atom is -0.205 e. The minimum atomic E-state index is -2.35. The smallest absolute Gasteiger partial charge is 0.205 e. The summed E-state index contributed by atoms with van der Waals surface area (Å²) in [4.78, 5) is 0. The van der Waals surface area contributed by atoms with Gasteiger partial charge in [0.15, 0.2) is 0 Å². The summed E-state index contributed by atoms with van der Waals surface area (Å²) in [6.45, 7) is 4.86. The maximum Gasteiger partial charge on any atom is 0.263 e. The van der Waals surface area contributed by atoms with Crippen molar-refractivity contribution in [2.45, 2.75) is 108 Å². The number of benzene rings is 1. The highest BCUT2D eigenvalue weighted by atomic mass is 28.2. The topological polar surface area (TPSA) is 0 Å². The number of rotatable bonds is 8. The quantitative estimate of drug-likeness (QED) is 0.383. The maximum absolute atomic E-state index is 12.8. The van der Waals surface area contributed by atoms with Crippen molar-refractivity contribution in [1.29, 1.82) is 0 Å². The molecule has 0 aromatic heterocycles. The minimum absolute atomic E-state index is 0.152. The molecule has 3 heteroatoms. The van der Waals surface area contributed by atoms with Crippen LogP contribution in [0.3, 0.4) is 0 Å². The van der Waals surface area contributed by atoms with E-state index in [0.29, 0.717) is 11.3 Å². The third kappa shape index (κ3) is 5.68. The Morgan fingerprint density at radius 2 is 1.61 bits per heavy atom. The van der Waals surface area contributed by atoms with Crippen molar-refractivity contribution in [2.75, 3.05) is 0 Å². The van der Waals surface area contributed by atoms with Crippen molar-refractivity contribution in [1.82, 2.24) is 0 Å². The average Bonchev–Trinajstić information content (AvgIpc) is 2.74. The summed E-state index contributed by atoms with van der Waals surface area (Å²) in [5.74, 6) is 1.47. The molecule has 2 aliphatic rings. The molecule has 2 fully saturated rings. The molecule has 0 aliphatic heterocycles. The van der Waals surface area contributed by atoms with Crippen LogP contribution < -0.4 is 0 Å². The molecule has 0 atom stereocenters. The molecule has 2 saturated carbocycles. The fourth-order valence-electron chi connectivity index (χ4n) is 6.06. The van der Waals surface area contributed by atoms with E-state index in [1.54, 1.807) is 12.1 Å². The molecule has 3 rings (SSSR count). The summed E-state index contributed by atoms with van der Waals surface area (Å²) in [6.07, 6.45) is 14.5. The summed E-state index contributed by atoms with van der Waals surface area (Å²) in [7, 11) is 0.192. The molecule has 1 aromatic rings. The van der Waals surface area contributed by atoms with E-state index in [1.807, 2.05) is 12.1 Å². The van der Waals surface area contributed by atoms with Crippen LogP contribution in [0.1, 0.15) is 107 Å². The monoisotopic (exact) mass is 406 g/mol. The second kappa shape index (κ2) is 10.4. The van der Waals surface area contributed by atoms with Crippen molar-refractivity contribution in [3.63, 3.8) is 0 Å². The van der Waals surface area contributed by atoms with Crippen molar-refractivity contribution >= 4 is 9.52 Å². The standard InChI is InChI=1S/C25H40F2Si/c1-3-15-25(17-13-23(28-2)14-18-25)16-12-19-4-6-20(7-5-19)21-8-10-22(11-9-21)24(26)27/h8-11,19-20,23-24H,3-7,12-18,28H2,1-2H3. The largest absolute Gasteiger partial charge is 0.263 e. The Bertz CT molecular complexity index is 567. The third-order valence-electron chi connectivity index (χ3n) is 8.11. The molecule has 1 aromatic carbocycles. The van der Waals surface area contributed by atoms with E-state index in [4.69, 9.17) is 0 Å². The lowest BCUT2D eigenvalue weighted by Crippen LogP contribution is -2.28. The van der Waals surface area contributed by atoms with Crippen LogP contribution in [-0.2, 0) is 0 Å². The fourth-order valence-corrected chi connectivity index (χ4v) is 7.29. The van der Waals surface area contributed by atoms with Crippen LogP contribution >= 0.6 is 0 Å². The lowest BCUT2D eigenvalue weighted by Gasteiger charge is -2.42. The first kappa shape index (κ1) is 22.0. The number of alkyl halides is 2. The van der Waals surface area contributed by atoms with Crippen LogP contribution in [0.25, 0.3) is 0 Å². The van der Waals surface area contributed by atoms with Gasteiger partial charge in [-0.3, -0.25) is 0 Å². The summed E-state index contributed by atoms with van der Waals surface area (Å²) >= 11 is 0. The molecule has 0 spiro atoms. The first-order valence-electron chi connectivity index (χ1n) is 11.9. The average molecular weight is 407 g/mol. The third-order valence-corrected chi connectivity index (χ3v) is 10.1. The molecule has 158 valence electrons. The van der Waals surface area contributed by atoms with Crippen LogP contribution in [0.4, 0.5) is 8.78 Å². The molecule has 2 aliphatic carbocycles. The van der Waals surface area contributed by atoms with Crippen LogP contribution in [0.2, 0.25) is 12.1 Å². The number of halogens is 2. The molecule has 0 bridgehead atoms. The fraction of sp³-hybridized carbons (Fsp3) is 0.760. The van der Waals surface area contributed by atoms with E-state index in [0.717, 1.165) is 11.5 Å². The molecule has 0 N–H and O–H groups in total. The number of hydrogen-bond acceptors (Lipinski definition) is 0. The Balaban J connectivity index is 1.47. The zero-order valence-electron chi connectivity index (χ0n) is 18.1. The lowest BCUT2D eigenvalue weighted by atomic mass is 9.66. The van der Waals surface area contributed by atoms with Crippen LogP contribution in [-0.4, -0.2) is 9.52 Å². The van der Waals surface area contributed by atoms with Gasteiger partial charge in [0.2, 0.25) is 0 Å². The molecular formula is C25H40F2Si. The van der Waals surface area contributed by atoms with Gasteiger partial charge in [-0.2, -0.15) is 0 Å². The molecule has 28 heavy (non-hydrogen) atoms. The number of hydrogen-bond donors (Lipinski definition) is 0. The Hall–Kier alpha value is -0.703. The van der Waals surface area contributed by atoms with Crippen molar-refractivity contribution < 1.29 is 8.78 Å². The van der Waals surface area contributed by atoms with Crippen LogP contribution in [0.5, 0.6) is 0 Å².